The number of morpholine rings is 1. The third-order valence-corrected chi connectivity index (χ3v) is 5.57. The van der Waals surface area contributed by atoms with Crippen molar-refractivity contribution in [3.05, 3.63) is 57.6 Å². The number of nitrogens with zero attached hydrogens (tertiary/aromatic N) is 4. The van der Waals surface area contributed by atoms with Gasteiger partial charge in [-0.25, -0.2) is 0 Å². The summed E-state index contributed by atoms with van der Waals surface area (Å²) in [7, 11) is 1.66. The highest BCUT2D eigenvalue weighted by atomic mass is 35.5. The second-order valence-electron chi connectivity index (χ2n) is 6.65. The van der Waals surface area contributed by atoms with E-state index in [-0.39, 0.29) is 0 Å². The fourth-order valence-corrected chi connectivity index (χ4v) is 3.86. The van der Waals surface area contributed by atoms with Crippen LogP contribution in [-0.2, 0) is 17.7 Å². The summed E-state index contributed by atoms with van der Waals surface area (Å²) < 4.78 is 10.9. The molecule has 6 nitrogen and oxygen atoms in total. The van der Waals surface area contributed by atoms with Gasteiger partial charge in [0.1, 0.15) is 5.75 Å². The first kappa shape index (κ1) is 19.3. The molecule has 1 aliphatic rings. The van der Waals surface area contributed by atoms with E-state index in [0.29, 0.717) is 16.5 Å². The normalized spacial score (nSPS) is 15.1. The molecule has 146 valence electrons. The minimum Gasteiger partial charge on any atom is -0.497 e. The van der Waals surface area contributed by atoms with E-state index in [4.69, 9.17) is 32.7 Å². The maximum atomic E-state index is 6.30. The third kappa shape index (κ3) is 4.05. The number of pyridine rings is 1. The summed E-state index contributed by atoms with van der Waals surface area (Å²) in [5.41, 5.74) is 2.54. The number of fused-ring (bicyclic) bond motifs is 1. The lowest BCUT2D eigenvalue weighted by atomic mass is 10.0. The van der Waals surface area contributed by atoms with E-state index in [2.05, 4.69) is 20.1 Å². The minimum absolute atomic E-state index is 0.480. The van der Waals surface area contributed by atoms with Crippen LogP contribution in [-0.4, -0.2) is 53.5 Å². The van der Waals surface area contributed by atoms with Gasteiger partial charge in [0, 0.05) is 49.2 Å². The smallest absolute Gasteiger partial charge is 0.119 e. The predicted octanol–water partition coefficient (Wildman–Crippen LogP) is 3.76. The molecule has 0 spiro atoms. The monoisotopic (exact) mass is 418 g/mol. The highest BCUT2D eigenvalue weighted by Gasteiger charge is 2.17. The number of benzene rings is 1. The highest BCUT2D eigenvalue weighted by molar-refractivity contribution is 6.35. The summed E-state index contributed by atoms with van der Waals surface area (Å²) in [5.74, 6) is 0.787. The zero-order valence-corrected chi connectivity index (χ0v) is 17.0. The Balaban J connectivity index is 1.75. The van der Waals surface area contributed by atoms with Gasteiger partial charge in [-0.1, -0.05) is 23.2 Å². The number of rotatable bonds is 5. The van der Waals surface area contributed by atoms with Gasteiger partial charge >= 0.3 is 0 Å². The van der Waals surface area contributed by atoms with Crippen molar-refractivity contribution in [1.29, 1.82) is 0 Å². The van der Waals surface area contributed by atoms with Crippen molar-refractivity contribution < 1.29 is 9.47 Å². The summed E-state index contributed by atoms with van der Waals surface area (Å²) in [6.07, 6.45) is 3.66. The van der Waals surface area contributed by atoms with Crippen LogP contribution in [0, 0.1) is 0 Å². The highest BCUT2D eigenvalue weighted by Crippen LogP contribution is 2.30. The zero-order valence-electron chi connectivity index (χ0n) is 15.5. The number of aromatic nitrogens is 3. The minimum atomic E-state index is 0.480. The van der Waals surface area contributed by atoms with Crippen LogP contribution in [0.5, 0.6) is 5.75 Å². The summed E-state index contributed by atoms with van der Waals surface area (Å²) in [6, 6.07) is 5.96. The molecule has 8 heteroatoms. The van der Waals surface area contributed by atoms with Crippen molar-refractivity contribution in [1.82, 2.24) is 20.1 Å². The fraction of sp³-hybridized carbons (Fsp3) is 0.350. The van der Waals surface area contributed by atoms with Gasteiger partial charge < -0.3 is 9.47 Å². The molecule has 0 N–H and O–H groups in total. The van der Waals surface area contributed by atoms with E-state index in [9.17, 15) is 0 Å². The van der Waals surface area contributed by atoms with Crippen molar-refractivity contribution in [2.75, 3.05) is 33.4 Å². The van der Waals surface area contributed by atoms with Crippen LogP contribution < -0.4 is 4.74 Å². The molecule has 1 fully saturated rings. The van der Waals surface area contributed by atoms with Crippen molar-refractivity contribution in [3.8, 4) is 5.75 Å². The molecule has 3 aromatic rings. The average Bonchev–Trinajstić information content (AvgIpc) is 2.72. The molecule has 1 aromatic carbocycles. The molecule has 0 radical (unpaired) electrons. The van der Waals surface area contributed by atoms with Crippen molar-refractivity contribution >= 4 is 34.0 Å². The predicted molar refractivity (Wildman–Crippen MR) is 109 cm³/mol. The van der Waals surface area contributed by atoms with Gasteiger partial charge in [0.25, 0.3) is 0 Å². The van der Waals surface area contributed by atoms with E-state index in [0.717, 1.165) is 66.3 Å². The second-order valence-corrected chi connectivity index (χ2v) is 7.47. The molecule has 1 saturated heterocycles. The first-order valence-corrected chi connectivity index (χ1v) is 9.81. The molecule has 0 amide bonds. The van der Waals surface area contributed by atoms with Gasteiger partial charge in [-0.15, -0.1) is 0 Å². The van der Waals surface area contributed by atoms with Crippen LogP contribution >= 0.6 is 23.2 Å². The molecule has 2 aromatic heterocycles. The molecule has 0 saturated carbocycles. The van der Waals surface area contributed by atoms with Crippen LogP contribution in [0.1, 0.15) is 17.0 Å². The largest absolute Gasteiger partial charge is 0.497 e. The Kier molecular flexibility index (Phi) is 5.92. The van der Waals surface area contributed by atoms with Crippen LogP contribution in [0.25, 0.3) is 10.8 Å². The molecule has 3 heterocycles. The number of ether oxygens (including phenoxy) is 2. The van der Waals surface area contributed by atoms with Crippen LogP contribution in [0.2, 0.25) is 10.0 Å². The average molecular weight is 419 g/mol. The molecular formula is C20H20Cl2N4O2. The molecule has 0 unspecified atom stereocenters. The summed E-state index contributed by atoms with van der Waals surface area (Å²) >= 11 is 12.6. The molecule has 0 aliphatic carbocycles. The van der Waals surface area contributed by atoms with Gasteiger partial charge in [0.2, 0.25) is 0 Å². The van der Waals surface area contributed by atoms with Crippen LogP contribution in [0.4, 0.5) is 0 Å². The fourth-order valence-electron chi connectivity index (χ4n) is 3.36. The van der Waals surface area contributed by atoms with Gasteiger partial charge in [-0.05, 0) is 23.8 Å². The Morgan fingerprint density at radius 3 is 2.46 bits per heavy atom. The van der Waals surface area contributed by atoms with Crippen molar-refractivity contribution in [3.63, 3.8) is 0 Å². The van der Waals surface area contributed by atoms with Crippen LogP contribution in [0.15, 0.2) is 30.6 Å². The van der Waals surface area contributed by atoms with E-state index >= 15 is 0 Å². The Morgan fingerprint density at radius 1 is 1.04 bits per heavy atom. The molecule has 0 atom stereocenters. The maximum absolute atomic E-state index is 6.30. The number of hydrogen-bond acceptors (Lipinski definition) is 6. The maximum Gasteiger partial charge on any atom is 0.119 e. The van der Waals surface area contributed by atoms with E-state index in [1.165, 1.54) is 0 Å². The Labute approximate surface area is 173 Å². The first-order chi connectivity index (χ1) is 13.7. The quantitative estimate of drug-likeness (QED) is 0.628. The van der Waals surface area contributed by atoms with Gasteiger partial charge in [0.05, 0.1) is 41.8 Å². The molecule has 0 bridgehead atoms. The third-order valence-electron chi connectivity index (χ3n) is 4.91. The van der Waals surface area contributed by atoms with E-state index < -0.39 is 0 Å². The zero-order chi connectivity index (χ0) is 19.5. The topological polar surface area (TPSA) is 60.4 Å². The van der Waals surface area contributed by atoms with Crippen molar-refractivity contribution in [2.45, 2.75) is 13.0 Å². The molecule has 4 rings (SSSR count). The standard InChI is InChI=1S/C20H20Cl2N4O2/c1-27-13-2-3-14-15(8-13)20(12-26-4-6-28-7-5-26)25-24-19(14)9-16-17(21)10-23-11-18(16)22/h2-3,8,10-11H,4-7,9,12H2,1H3. The van der Waals surface area contributed by atoms with Gasteiger partial charge in [0.15, 0.2) is 0 Å². The Morgan fingerprint density at radius 2 is 1.75 bits per heavy atom. The Bertz CT molecular complexity index is 973. The van der Waals surface area contributed by atoms with E-state index in [1.807, 2.05) is 18.2 Å². The molecule has 1 aliphatic heterocycles. The second kappa shape index (κ2) is 8.57. The summed E-state index contributed by atoms with van der Waals surface area (Å²) in [5, 5.41) is 12.1. The number of halogens is 2. The van der Waals surface area contributed by atoms with Crippen LogP contribution in [0.3, 0.4) is 0 Å². The lowest BCUT2D eigenvalue weighted by molar-refractivity contribution is 0.0337. The van der Waals surface area contributed by atoms with Gasteiger partial charge in [-0.2, -0.15) is 10.2 Å². The lowest BCUT2D eigenvalue weighted by Gasteiger charge is -2.26. The SMILES string of the molecule is COc1ccc2c(Cc3c(Cl)cncc3Cl)nnc(CN3CCOCC3)c2c1. The lowest BCUT2D eigenvalue weighted by Crippen LogP contribution is -2.36. The van der Waals surface area contributed by atoms with Crippen molar-refractivity contribution in [2.24, 2.45) is 0 Å². The summed E-state index contributed by atoms with van der Waals surface area (Å²) in [6.45, 7) is 3.98. The summed E-state index contributed by atoms with van der Waals surface area (Å²) in [4.78, 5) is 6.34. The van der Waals surface area contributed by atoms with Gasteiger partial charge in [-0.3, -0.25) is 9.88 Å². The molecule has 28 heavy (non-hydrogen) atoms. The van der Waals surface area contributed by atoms with E-state index in [1.54, 1.807) is 19.5 Å². The molecular weight excluding hydrogens is 399 g/mol. The number of methoxy groups -OCH3 is 1. The first-order valence-electron chi connectivity index (χ1n) is 9.06. The Hall–Kier alpha value is -1.99. The number of hydrogen-bond donors (Lipinski definition) is 0.